The molecule has 0 saturated carbocycles. The minimum atomic E-state index is -0.692. The van der Waals surface area contributed by atoms with Gasteiger partial charge in [0.15, 0.2) is 5.13 Å². The Balaban J connectivity index is 2.42. The van der Waals surface area contributed by atoms with Crippen molar-refractivity contribution in [3.63, 3.8) is 0 Å². The molecule has 2 rings (SSSR count). The summed E-state index contributed by atoms with van der Waals surface area (Å²) in [5, 5.41) is 11.3. The second-order valence-electron chi connectivity index (χ2n) is 5.52. The highest BCUT2D eigenvalue weighted by molar-refractivity contribution is 7.14. The topological polar surface area (TPSA) is 83.3 Å². The van der Waals surface area contributed by atoms with Crippen molar-refractivity contribution in [3.8, 4) is 6.07 Å². The van der Waals surface area contributed by atoms with Crippen molar-refractivity contribution in [2.75, 3.05) is 11.5 Å². The van der Waals surface area contributed by atoms with E-state index in [2.05, 4.69) is 4.98 Å². The number of thiazole rings is 1. The molecule has 0 spiro atoms. The maximum Gasteiger partial charge on any atom is 0.348 e. The minimum absolute atomic E-state index is 0.134. The summed E-state index contributed by atoms with van der Waals surface area (Å²) in [4.78, 5) is 29.9. The summed E-state index contributed by atoms with van der Waals surface area (Å²) in [6.45, 7) is 7.25. The zero-order chi connectivity index (χ0) is 19.3. The lowest BCUT2D eigenvalue weighted by atomic mass is 10.1. The van der Waals surface area contributed by atoms with Crippen molar-refractivity contribution in [3.05, 3.63) is 46.0 Å². The molecule has 0 atom stereocenters. The first-order chi connectivity index (χ1) is 12.4. The molecule has 26 heavy (non-hydrogen) atoms. The van der Waals surface area contributed by atoms with Crippen LogP contribution < -0.4 is 4.90 Å². The van der Waals surface area contributed by atoms with Gasteiger partial charge in [-0.2, -0.15) is 5.26 Å². The quantitative estimate of drug-likeness (QED) is 0.453. The highest BCUT2D eigenvalue weighted by Gasteiger charge is 2.20. The number of amides is 1. The van der Waals surface area contributed by atoms with Crippen LogP contribution in [0, 0.1) is 25.2 Å². The molecule has 0 bridgehead atoms. The number of nitrogens with zero attached hydrogens (tertiary/aromatic N) is 3. The third kappa shape index (κ3) is 4.16. The van der Waals surface area contributed by atoms with E-state index in [9.17, 15) is 9.59 Å². The average molecular weight is 369 g/mol. The van der Waals surface area contributed by atoms with Crippen molar-refractivity contribution < 1.29 is 14.3 Å². The van der Waals surface area contributed by atoms with Crippen molar-refractivity contribution in [2.24, 2.45) is 0 Å². The number of hydrogen-bond donors (Lipinski definition) is 0. The standard InChI is InChI=1S/C19H19N3O3S/c1-5-25-18(24)15(10-20)9-16-11-26-19(21-16)22(14(4)23)17-8-6-7-12(2)13(17)3/h6-9,11H,5H2,1-4H3/b15-9+. The van der Waals surface area contributed by atoms with Gasteiger partial charge in [0.1, 0.15) is 11.6 Å². The summed E-state index contributed by atoms with van der Waals surface area (Å²) < 4.78 is 4.84. The van der Waals surface area contributed by atoms with E-state index in [0.29, 0.717) is 10.8 Å². The van der Waals surface area contributed by atoms with Crippen LogP contribution in [0.1, 0.15) is 30.7 Å². The molecule has 1 aromatic carbocycles. The van der Waals surface area contributed by atoms with Crippen molar-refractivity contribution in [2.45, 2.75) is 27.7 Å². The van der Waals surface area contributed by atoms with E-state index in [4.69, 9.17) is 10.00 Å². The average Bonchev–Trinajstić information content (AvgIpc) is 3.04. The van der Waals surface area contributed by atoms with E-state index in [1.54, 1.807) is 12.3 Å². The molecule has 0 aliphatic heterocycles. The largest absolute Gasteiger partial charge is 0.462 e. The summed E-state index contributed by atoms with van der Waals surface area (Å²) in [5.41, 5.74) is 3.10. The molecule has 0 radical (unpaired) electrons. The van der Waals surface area contributed by atoms with E-state index < -0.39 is 5.97 Å². The molecule has 1 aromatic heterocycles. The van der Waals surface area contributed by atoms with Gasteiger partial charge in [-0.15, -0.1) is 11.3 Å². The number of nitriles is 1. The number of aromatic nitrogens is 1. The molecule has 0 fully saturated rings. The number of esters is 1. The number of carbonyl (C=O) groups is 2. The van der Waals surface area contributed by atoms with Gasteiger partial charge in [-0.3, -0.25) is 9.69 Å². The number of rotatable bonds is 5. The van der Waals surface area contributed by atoms with Crippen molar-refractivity contribution in [1.29, 1.82) is 5.26 Å². The van der Waals surface area contributed by atoms with Crippen molar-refractivity contribution in [1.82, 2.24) is 4.98 Å². The van der Waals surface area contributed by atoms with Crippen LogP contribution in [0.2, 0.25) is 0 Å². The molecule has 1 amide bonds. The third-order valence-corrected chi connectivity index (χ3v) is 4.58. The van der Waals surface area contributed by atoms with Crippen LogP contribution in [-0.4, -0.2) is 23.5 Å². The van der Waals surface area contributed by atoms with E-state index in [0.717, 1.165) is 16.8 Å². The Morgan fingerprint density at radius 3 is 2.73 bits per heavy atom. The van der Waals surface area contributed by atoms with Crippen LogP contribution in [0.4, 0.5) is 10.8 Å². The Morgan fingerprint density at radius 2 is 2.12 bits per heavy atom. The van der Waals surface area contributed by atoms with E-state index in [1.165, 1.54) is 29.2 Å². The Hall–Kier alpha value is -2.98. The predicted octanol–water partition coefficient (Wildman–Crippen LogP) is 3.91. The Labute approximate surface area is 156 Å². The molecular formula is C19H19N3O3S. The van der Waals surface area contributed by atoms with Gasteiger partial charge in [0.05, 0.1) is 18.0 Å². The first-order valence-corrected chi connectivity index (χ1v) is 8.88. The number of carbonyl (C=O) groups excluding carboxylic acids is 2. The first kappa shape index (κ1) is 19.3. The zero-order valence-corrected chi connectivity index (χ0v) is 15.9. The summed E-state index contributed by atoms with van der Waals surface area (Å²) in [6.07, 6.45) is 1.36. The summed E-state index contributed by atoms with van der Waals surface area (Å²) in [5.74, 6) is -0.864. The van der Waals surface area contributed by atoms with Crippen molar-refractivity contribution >= 4 is 40.1 Å². The predicted molar refractivity (Wildman–Crippen MR) is 101 cm³/mol. The van der Waals surface area contributed by atoms with Gasteiger partial charge in [-0.05, 0) is 44.0 Å². The highest BCUT2D eigenvalue weighted by atomic mass is 32.1. The van der Waals surface area contributed by atoms with Gasteiger partial charge >= 0.3 is 5.97 Å². The molecule has 0 N–H and O–H groups in total. The molecular weight excluding hydrogens is 350 g/mol. The number of hydrogen-bond acceptors (Lipinski definition) is 6. The summed E-state index contributed by atoms with van der Waals surface area (Å²) in [6, 6.07) is 7.54. The van der Waals surface area contributed by atoms with Crippen LogP contribution in [0.3, 0.4) is 0 Å². The number of anilines is 2. The minimum Gasteiger partial charge on any atom is -0.462 e. The first-order valence-electron chi connectivity index (χ1n) is 8.00. The van der Waals surface area contributed by atoms with Crippen LogP contribution >= 0.6 is 11.3 Å². The van der Waals surface area contributed by atoms with Crippen LogP contribution in [0.15, 0.2) is 29.2 Å². The number of benzene rings is 1. The van der Waals surface area contributed by atoms with E-state index in [-0.39, 0.29) is 18.1 Å². The third-order valence-electron chi connectivity index (χ3n) is 3.74. The maximum absolute atomic E-state index is 12.2. The Kier molecular flexibility index (Phi) is 6.26. The fourth-order valence-electron chi connectivity index (χ4n) is 2.32. The lowest BCUT2D eigenvalue weighted by Crippen LogP contribution is -2.23. The molecule has 0 aliphatic carbocycles. The van der Waals surface area contributed by atoms with Gasteiger partial charge in [0.25, 0.3) is 0 Å². The molecule has 0 unspecified atom stereocenters. The molecule has 0 aliphatic rings. The Bertz CT molecular complexity index is 909. The monoisotopic (exact) mass is 369 g/mol. The lowest BCUT2D eigenvalue weighted by molar-refractivity contribution is -0.137. The fraction of sp³-hybridized carbons (Fsp3) is 0.263. The van der Waals surface area contributed by atoms with Crippen LogP contribution in [0.25, 0.3) is 6.08 Å². The molecule has 0 saturated heterocycles. The summed E-state index contributed by atoms with van der Waals surface area (Å²) >= 11 is 1.26. The smallest absolute Gasteiger partial charge is 0.348 e. The highest BCUT2D eigenvalue weighted by Crippen LogP contribution is 2.32. The second-order valence-corrected chi connectivity index (χ2v) is 6.36. The van der Waals surface area contributed by atoms with Crippen LogP contribution in [0.5, 0.6) is 0 Å². The maximum atomic E-state index is 12.2. The fourth-order valence-corrected chi connectivity index (χ4v) is 3.16. The molecule has 134 valence electrons. The van der Waals surface area contributed by atoms with E-state index in [1.807, 2.05) is 38.1 Å². The Morgan fingerprint density at radius 1 is 1.38 bits per heavy atom. The molecule has 1 heterocycles. The van der Waals surface area contributed by atoms with Crippen LogP contribution in [-0.2, 0) is 14.3 Å². The number of aryl methyl sites for hydroxylation is 1. The van der Waals surface area contributed by atoms with Gasteiger partial charge in [0.2, 0.25) is 5.91 Å². The molecule has 2 aromatic rings. The SMILES string of the molecule is CCOC(=O)/C(C#N)=C/c1csc(N(C(C)=O)c2cccc(C)c2C)n1. The van der Waals surface area contributed by atoms with E-state index >= 15 is 0 Å². The normalized spacial score (nSPS) is 11.0. The molecule has 7 heteroatoms. The van der Waals surface area contributed by atoms with Gasteiger partial charge in [0, 0.05) is 12.3 Å². The lowest BCUT2D eigenvalue weighted by Gasteiger charge is -2.21. The van der Waals surface area contributed by atoms with Gasteiger partial charge < -0.3 is 4.74 Å². The van der Waals surface area contributed by atoms with Gasteiger partial charge in [-0.25, -0.2) is 9.78 Å². The molecule has 6 nitrogen and oxygen atoms in total. The second kappa shape index (κ2) is 8.41. The number of ether oxygens (including phenoxy) is 1. The summed E-state index contributed by atoms with van der Waals surface area (Å²) in [7, 11) is 0. The zero-order valence-electron chi connectivity index (χ0n) is 15.1. The van der Waals surface area contributed by atoms with Gasteiger partial charge in [-0.1, -0.05) is 12.1 Å².